The summed E-state index contributed by atoms with van der Waals surface area (Å²) in [5.41, 5.74) is 1.20. The molecule has 4 heteroatoms. The van der Waals surface area contributed by atoms with E-state index in [-0.39, 0.29) is 6.04 Å². The highest BCUT2D eigenvalue weighted by Gasteiger charge is 2.11. The summed E-state index contributed by atoms with van der Waals surface area (Å²) in [5.74, 6) is 0.961. The van der Waals surface area contributed by atoms with Crippen LogP contribution in [0.3, 0.4) is 0 Å². The van der Waals surface area contributed by atoms with Crippen molar-refractivity contribution in [1.82, 2.24) is 10.2 Å². The highest BCUT2D eigenvalue weighted by molar-refractivity contribution is 9.10. The lowest BCUT2D eigenvalue weighted by atomic mass is 10.1. The number of benzene rings is 1. The van der Waals surface area contributed by atoms with Gasteiger partial charge in [0.05, 0.1) is 0 Å². The number of ether oxygens (including phenoxy) is 1. The fourth-order valence-electron chi connectivity index (χ4n) is 1.97. The summed E-state index contributed by atoms with van der Waals surface area (Å²) in [5, 5.41) is 3.26. The van der Waals surface area contributed by atoms with Crippen molar-refractivity contribution in [1.29, 1.82) is 0 Å². The summed E-state index contributed by atoms with van der Waals surface area (Å²) in [7, 11) is 1.96. The molecule has 1 N–H and O–H groups in total. The molecule has 0 aliphatic carbocycles. The van der Waals surface area contributed by atoms with Gasteiger partial charge in [-0.3, -0.25) is 0 Å². The molecule has 19 heavy (non-hydrogen) atoms. The van der Waals surface area contributed by atoms with Gasteiger partial charge in [0.15, 0.2) is 0 Å². The first-order chi connectivity index (χ1) is 9.12. The van der Waals surface area contributed by atoms with Gasteiger partial charge in [-0.1, -0.05) is 35.8 Å². The zero-order chi connectivity index (χ0) is 14.3. The monoisotopic (exact) mass is 328 g/mol. The zero-order valence-corrected chi connectivity index (χ0v) is 14.0. The van der Waals surface area contributed by atoms with Crippen molar-refractivity contribution >= 4 is 15.9 Å². The second-order valence-corrected chi connectivity index (χ2v) is 5.48. The summed E-state index contributed by atoms with van der Waals surface area (Å²) < 4.78 is 7.02. The Hall–Kier alpha value is -0.580. The summed E-state index contributed by atoms with van der Waals surface area (Å²) in [4.78, 5) is 2.36. The smallest absolute Gasteiger partial charge is 0.125 e. The van der Waals surface area contributed by atoms with E-state index in [0.717, 1.165) is 36.5 Å². The molecule has 108 valence electrons. The average Bonchev–Trinajstić information content (AvgIpc) is 2.43. The van der Waals surface area contributed by atoms with E-state index >= 15 is 0 Å². The van der Waals surface area contributed by atoms with E-state index < -0.39 is 0 Å². The first kappa shape index (κ1) is 16.5. The van der Waals surface area contributed by atoms with Crippen molar-refractivity contribution in [2.75, 3.05) is 33.3 Å². The summed E-state index contributed by atoms with van der Waals surface area (Å²) in [6.07, 6.45) is 0. The van der Waals surface area contributed by atoms with Crippen LogP contribution in [0.4, 0.5) is 0 Å². The van der Waals surface area contributed by atoms with Crippen LogP contribution in [0.2, 0.25) is 0 Å². The molecule has 0 saturated carbocycles. The molecule has 0 spiro atoms. The molecule has 1 aromatic carbocycles. The molecule has 3 nitrogen and oxygen atoms in total. The minimum atomic E-state index is 0.288. The number of hydrogen-bond acceptors (Lipinski definition) is 3. The van der Waals surface area contributed by atoms with Crippen LogP contribution in [0.1, 0.15) is 32.4 Å². The quantitative estimate of drug-likeness (QED) is 0.791. The average molecular weight is 329 g/mol. The molecule has 0 amide bonds. The van der Waals surface area contributed by atoms with Crippen molar-refractivity contribution in [3.8, 4) is 5.75 Å². The fourth-order valence-corrected chi connectivity index (χ4v) is 2.31. The highest BCUT2D eigenvalue weighted by Crippen LogP contribution is 2.28. The number of halogens is 1. The minimum Gasteiger partial charge on any atom is -0.492 e. The van der Waals surface area contributed by atoms with Gasteiger partial charge in [0.1, 0.15) is 12.4 Å². The third-order valence-corrected chi connectivity index (χ3v) is 3.93. The van der Waals surface area contributed by atoms with E-state index in [0.29, 0.717) is 0 Å². The second-order valence-electron chi connectivity index (χ2n) is 4.57. The summed E-state index contributed by atoms with van der Waals surface area (Å²) in [6, 6.07) is 6.50. The van der Waals surface area contributed by atoms with E-state index in [2.05, 4.69) is 59.1 Å². The Morgan fingerprint density at radius 3 is 2.58 bits per heavy atom. The highest BCUT2D eigenvalue weighted by atomic mass is 79.9. The van der Waals surface area contributed by atoms with Crippen molar-refractivity contribution in [2.45, 2.75) is 26.8 Å². The zero-order valence-electron chi connectivity index (χ0n) is 12.4. The van der Waals surface area contributed by atoms with Crippen LogP contribution in [0.25, 0.3) is 0 Å². The van der Waals surface area contributed by atoms with Crippen LogP contribution in [-0.4, -0.2) is 38.2 Å². The van der Waals surface area contributed by atoms with Crippen LogP contribution >= 0.6 is 15.9 Å². The Balaban J connectivity index is 2.68. The van der Waals surface area contributed by atoms with Gasteiger partial charge in [-0.15, -0.1) is 0 Å². The lowest BCUT2D eigenvalue weighted by Gasteiger charge is -2.20. The lowest BCUT2D eigenvalue weighted by molar-refractivity contribution is 0.221. The van der Waals surface area contributed by atoms with E-state index in [1.165, 1.54) is 5.56 Å². The Kier molecular flexibility index (Phi) is 7.42. The molecular formula is C15H25BrN2O. The van der Waals surface area contributed by atoms with Gasteiger partial charge in [-0.25, -0.2) is 0 Å². The molecule has 0 aromatic heterocycles. The molecule has 1 rings (SSSR count). The molecule has 0 saturated heterocycles. The molecule has 0 aliphatic heterocycles. The normalized spacial score (nSPS) is 12.7. The summed E-state index contributed by atoms with van der Waals surface area (Å²) >= 11 is 3.50. The van der Waals surface area contributed by atoms with E-state index in [1.54, 1.807) is 0 Å². The third kappa shape index (κ3) is 5.13. The van der Waals surface area contributed by atoms with Crippen molar-refractivity contribution in [3.05, 3.63) is 28.2 Å². The second kappa shape index (κ2) is 8.56. The predicted molar refractivity (Wildman–Crippen MR) is 84.9 cm³/mol. The maximum absolute atomic E-state index is 5.96. The lowest BCUT2D eigenvalue weighted by Crippen LogP contribution is -2.28. The van der Waals surface area contributed by atoms with Crippen molar-refractivity contribution < 1.29 is 4.74 Å². The van der Waals surface area contributed by atoms with Gasteiger partial charge >= 0.3 is 0 Å². The van der Waals surface area contributed by atoms with Crippen LogP contribution in [0.15, 0.2) is 22.7 Å². The molecule has 0 radical (unpaired) electrons. The van der Waals surface area contributed by atoms with Crippen LogP contribution in [-0.2, 0) is 0 Å². The SMILES string of the molecule is CCN(CC)CCOc1cc(Br)ccc1C(C)NC. The molecule has 0 heterocycles. The Labute approximate surface area is 125 Å². The first-order valence-electron chi connectivity index (χ1n) is 6.94. The largest absolute Gasteiger partial charge is 0.492 e. The molecule has 0 bridgehead atoms. The van der Waals surface area contributed by atoms with Crippen molar-refractivity contribution in [3.63, 3.8) is 0 Å². The number of hydrogen-bond donors (Lipinski definition) is 1. The van der Waals surface area contributed by atoms with Crippen LogP contribution < -0.4 is 10.1 Å². The van der Waals surface area contributed by atoms with E-state index in [4.69, 9.17) is 4.74 Å². The number of nitrogens with one attached hydrogen (secondary N) is 1. The fraction of sp³-hybridized carbons (Fsp3) is 0.600. The maximum Gasteiger partial charge on any atom is 0.125 e. The van der Waals surface area contributed by atoms with Gasteiger partial charge in [-0.2, -0.15) is 0 Å². The predicted octanol–water partition coefficient (Wildman–Crippen LogP) is 3.45. The minimum absolute atomic E-state index is 0.288. The number of rotatable bonds is 8. The third-order valence-electron chi connectivity index (χ3n) is 3.43. The van der Waals surface area contributed by atoms with Gasteiger partial charge < -0.3 is 15.0 Å². The van der Waals surface area contributed by atoms with Gasteiger partial charge in [0.25, 0.3) is 0 Å². The Bertz CT molecular complexity index is 380. The standard InChI is InChI=1S/C15H25BrN2O/c1-5-18(6-2)9-10-19-15-11-13(16)7-8-14(15)12(3)17-4/h7-8,11-12,17H,5-6,9-10H2,1-4H3. The molecule has 1 unspecified atom stereocenters. The number of nitrogens with zero attached hydrogens (tertiary/aromatic N) is 1. The van der Waals surface area contributed by atoms with Gasteiger partial charge in [0, 0.05) is 22.6 Å². The molecular weight excluding hydrogens is 304 g/mol. The Morgan fingerprint density at radius 2 is 2.00 bits per heavy atom. The Morgan fingerprint density at radius 1 is 1.32 bits per heavy atom. The topological polar surface area (TPSA) is 24.5 Å². The maximum atomic E-state index is 5.96. The molecule has 0 aliphatic rings. The summed E-state index contributed by atoms with van der Waals surface area (Å²) in [6.45, 7) is 10.3. The van der Waals surface area contributed by atoms with E-state index in [9.17, 15) is 0 Å². The van der Waals surface area contributed by atoms with E-state index in [1.807, 2.05) is 13.1 Å². The molecule has 0 fully saturated rings. The van der Waals surface area contributed by atoms with Gasteiger partial charge in [0.2, 0.25) is 0 Å². The van der Waals surface area contributed by atoms with Crippen LogP contribution in [0.5, 0.6) is 5.75 Å². The molecule has 1 aromatic rings. The van der Waals surface area contributed by atoms with Crippen LogP contribution in [0, 0.1) is 0 Å². The number of likely N-dealkylation sites (N-methyl/N-ethyl adjacent to an activating group) is 1. The van der Waals surface area contributed by atoms with Crippen molar-refractivity contribution in [2.24, 2.45) is 0 Å². The van der Waals surface area contributed by atoms with Gasteiger partial charge in [-0.05, 0) is 39.2 Å². The molecule has 1 atom stereocenters. The first-order valence-corrected chi connectivity index (χ1v) is 7.73.